The van der Waals surface area contributed by atoms with E-state index in [1.807, 2.05) is 13.0 Å². The Labute approximate surface area is 158 Å². The van der Waals surface area contributed by atoms with Crippen molar-refractivity contribution in [2.75, 3.05) is 13.1 Å². The van der Waals surface area contributed by atoms with Crippen LogP contribution in [0.15, 0.2) is 24.3 Å². The minimum atomic E-state index is -4.94. The number of rotatable bonds is 2. The lowest BCUT2D eigenvalue weighted by Gasteiger charge is -2.33. The predicted molar refractivity (Wildman–Crippen MR) is 85.7 cm³/mol. The van der Waals surface area contributed by atoms with E-state index in [0.717, 1.165) is 49.3 Å². The van der Waals surface area contributed by atoms with Gasteiger partial charge in [0.25, 0.3) is 0 Å². The molecule has 2 N–H and O–H groups in total. The molecular formula is C18H21ClN2O6. The van der Waals surface area contributed by atoms with Gasteiger partial charge in [-0.3, -0.25) is 4.79 Å². The van der Waals surface area contributed by atoms with Gasteiger partial charge in [-0.2, -0.15) is 0 Å². The monoisotopic (exact) mass is 396 g/mol. The van der Waals surface area contributed by atoms with Crippen molar-refractivity contribution in [3.63, 3.8) is 0 Å². The van der Waals surface area contributed by atoms with Crippen molar-refractivity contribution in [2.24, 2.45) is 5.41 Å². The zero-order valence-electron chi connectivity index (χ0n) is 14.9. The van der Waals surface area contributed by atoms with Gasteiger partial charge in [0.2, 0.25) is 5.71 Å². The van der Waals surface area contributed by atoms with E-state index in [4.69, 9.17) is 18.6 Å². The van der Waals surface area contributed by atoms with Crippen LogP contribution in [0.3, 0.4) is 0 Å². The molecule has 2 aliphatic heterocycles. The van der Waals surface area contributed by atoms with E-state index < -0.39 is 21.6 Å². The third-order valence-electron chi connectivity index (χ3n) is 5.50. The molecule has 1 atom stereocenters. The van der Waals surface area contributed by atoms with Crippen LogP contribution in [0.25, 0.3) is 10.9 Å². The molecule has 0 amide bonds. The van der Waals surface area contributed by atoms with Gasteiger partial charge in [0, 0.05) is 23.7 Å². The van der Waals surface area contributed by atoms with Gasteiger partial charge in [-0.05, 0) is 24.5 Å². The topological polar surface area (TPSA) is 148 Å². The summed E-state index contributed by atoms with van der Waals surface area (Å²) in [6.45, 7) is 3.90. The summed E-state index contributed by atoms with van der Waals surface area (Å²) in [5, 5.41) is 11.2. The summed E-state index contributed by atoms with van der Waals surface area (Å²) < 4.78 is 36.3. The fourth-order valence-electron chi connectivity index (χ4n) is 4.34. The molecule has 2 aliphatic rings. The fourth-order valence-corrected chi connectivity index (χ4v) is 4.34. The molecule has 0 bridgehead atoms. The minimum Gasteiger partial charge on any atom is -0.480 e. The number of carboxylic acids is 1. The van der Waals surface area contributed by atoms with E-state index in [9.17, 15) is 9.90 Å². The Balaban J connectivity index is 0.000000376. The molecule has 0 fully saturated rings. The molecule has 8 nitrogen and oxygen atoms in total. The summed E-state index contributed by atoms with van der Waals surface area (Å²) in [6, 6.07) is 8.30. The third-order valence-corrected chi connectivity index (χ3v) is 5.50. The van der Waals surface area contributed by atoms with Crippen molar-refractivity contribution < 1.29 is 43.4 Å². The van der Waals surface area contributed by atoms with Crippen LogP contribution in [-0.4, -0.2) is 39.4 Å². The van der Waals surface area contributed by atoms with Crippen LogP contribution in [0.2, 0.25) is 0 Å². The van der Waals surface area contributed by atoms with Crippen molar-refractivity contribution in [1.29, 1.82) is 0 Å². The zero-order chi connectivity index (χ0) is 19.8. The highest BCUT2D eigenvalue weighted by Crippen LogP contribution is 2.40. The number of hydrogen-bond acceptors (Lipinski definition) is 5. The number of carbonyl (C=O) groups is 1. The molecule has 3 heterocycles. The van der Waals surface area contributed by atoms with Gasteiger partial charge < -0.3 is 10.1 Å². The van der Waals surface area contributed by atoms with E-state index in [-0.39, 0.29) is 0 Å². The van der Waals surface area contributed by atoms with Crippen LogP contribution in [0, 0.1) is 15.7 Å². The second kappa shape index (κ2) is 7.21. The lowest BCUT2D eigenvalue weighted by Crippen LogP contribution is -2.68. The highest BCUT2D eigenvalue weighted by atomic mass is 35.7. The largest absolute Gasteiger partial charge is 0.480 e. The number of H-pyrrole nitrogens is 1. The first kappa shape index (κ1) is 19.8. The SMILES string of the molecule is CCC1(C(=O)O)CCC[N+]2=C1c1[nH]c3ccccc3c1CC2.[O-][Cl+3]([O-])([O-])[O-]. The quantitative estimate of drug-likeness (QED) is 0.563. The van der Waals surface area contributed by atoms with Crippen LogP contribution in [0.1, 0.15) is 37.4 Å². The second-order valence-corrected chi connectivity index (χ2v) is 7.59. The van der Waals surface area contributed by atoms with Crippen molar-refractivity contribution in [1.82, 2.24) is 4.98 Å². The Morgan fingerprint density at radius 3 is 2.56 bits per heavy atom. The van der Waals surface area contributed by atoms with Gasteiger partial charge in [0.1, 0.15) is 18.8 Å². The van der Waals surface area contributed by atoms with Crippen molar-refractivity contribution >= 4 is 22.6 Å². The molecule has 146 valence electrons. The molecule has 4 rings (SSSR count). The molecular weight excluding hydrogens is 376 g/mol. The molecule has 0 aliphatic carbocycles. The van der Waals surface area contributed by atoms with Crippen molar-refractivity contribution in [3.05, 3.63) is 35.5 Å². The predicted octanol–water partition coefficient (Wildman–Crippen LogP) is -1.96. The maximum absolute atomic E-state index is 12.1. The summed E-state index contributed by atoms with van der Waals surface area (Å²) in [7, 11) is -4.94. The highest BCUT2D eigenvalue weighted by molar-refractivity contribution is 6.15. The van der Waals surface area contributed by atoms with E-state index >= 15 is 0 Å². The number of fused-ring (bicyclic) bond motifs is 4. The Hall–Kier alpha value is -1.97. The van der Waals surface area contributed by atoms with Crippen LogP contribution < -0.4 is 18.6 Å². The zero-order valence-corrected chi connectivity index (χ0v) is 15.6. The Kier molecular flexibility index (Phi) is 5.29. The molecule has 1 unspecified atom stereocenters. The smallest absolute Gasteiger partial charge is 0.320 e. The molecule has 0 spiro atoms. The van der Waals surface area contributed by atoms with Crippen LogP contribution in [-0.2, 0) is 11.2 Å². The standard InChI is InChI=1S/C18H20N2O2.ClHO4/c1-2-18(17(21)22)9-5-10-20-11-8-13-12-6-3-4-7-14(12)19-15(13)16(18)20;2-1(3,4)5/h3-4,6-7H,2,5,8-11H2,1H3,(H,21,22);(H,2,3,4,5). The molecule has 27 heavy (non-hydrogen) atoms. The van der Waals surface area contributed by atoms with E-state index in [1.165, 1.54) is 10.9 Å². The molecule has 0 saturated carbocycles. The average molecular weight is 397 g/mol. The number of nitrogens with one attached hydrogen (secondary N) is 1. The molecule has 9 heteroatoms. The number of halogens is 1. The number of aromatic amines is 1. The second-order valence-electron chi connectivity index (χ2n) is 6.83. The maximum atomic E-state index is 12.1. The van der Waals surface area contributed by atoms with E-state index in [2.05, 4.69) is 27.8 Å². The van der Waals surface area contributed by atoms with E-state index in [0.29, 0.717) is 6.42 Å². The molecule has 0 saturated heterocycles. The summed E-state index contributed by atoms with van der Waals surface area (Å²) in [6.07, 6.45) is 3.32. The van der Waals surface area contributed by atoms with Crippen LogP contribution in [0.5, 0.6) is 0 Å². The maximum Gasteiger partial charge on any atom is 0.320 e. The number of nitrogens with zero attached hydrogens (tertiary/aromatic N) is 1. The number of carboxylic acid groups (broad SMARTS) is 1. The molecule has 1 aromatic heterocycles. The molecule has 1 aromatic carbocycles. The number of aromatic nitrogens is 1. The number of benzene rings is 1. The van der Waals surface area contributed by atoms with Gasteiger partial charge in [-0.1, -0.05) is 25.1 Å². The van der Waals surface area contributed by atoms with Gasteiger partial charge in [0.05, 0.1) is 0 Å². The average Bonchev–Trinajstić information content (AvgIpc) is 2.98. The number of aliphatic carboxylic acids is 1. The first-order valence-corrected chi connectivity index (χ1v) is 9.98. The van der Waals surface area contributed by atoms with Gasteiger partial charge in [-0.15, -0.1) is 10.2 Å². The lowest BCUT2D eigenvalue weighted by atomic mass is 9.71. The normalized spacial score (nSPS) is 22.0. The Morgan fingerprint density at radius 1 is 1.26 bits per heavy atom. The number of para-hydroxylation sites is 1. The first-order chi connectivity index (χ1) is 12.7. The van der Waals surface area contributed by atoms with E-state index in [1.54, 1.807) is 0 Å². The summed E-state index contributed by atoms with van der Waals surface area (Å²) in [5.41, 5.74) is 3.75. The van der Waals surface area contributed by atoms with Crippen molar-refractivity contribution in [2.45, 2.75) is 32.6 Å². The van der Waals surface area contributed by atoms with Gasteiger partial charge in [0.15, 0.2) is 5.41 Å². The van der Waals surface area contributed by atoms with Gasteiger partial charge >= 0.3 is 5.97 Å². The fraction of sp³-hybridized carbons (Fsp3) is 0.444. The lowest BCUT2D eigenvalue weighted by molar-refractivity contribution is -2.00. The Bertz CT molecular complexity index is 895. The summed E-state index contributed by atoms with van der Waals surface area (Å²) >= 11 is 0. The first-order valence-electron chi connectivity index (χ1n) is 8.75. The summed E-state index contributed by atoms with van der Waals surface area (Å²) in [5.74, 6) is -0.679. The van der Waals surface area contributed by atoms with Crippen molar-refractivity contribution in [3.8, 4) is 0 Å². The Morgan fingerprint density at radius 2 is 1.93 bits per heavy atom. The molecule has 0 radical (unpaired) electrons. The van der Waals surface area contributed by atoms with Gasteiger partial charge in [-0.25, -0.2) is 23.2 Å². The molecule has 2 aromatic rings. The van der Waals surface area contributed by atoms with Crippen LogP contribution >= 0.6 is 0 Å². The highest BCUT2D eigenvalue weighted by Gasteiger charge is 2.52. The summed E-state index contributed by atoms with van der Waals surface area (Å²) in [4.78, 5) is 15.6. The minimum absolute atomic E-state index is 0.642. The van der Waals surface area contributed by atoms with Crippen LogP contribution in [0.4, 0.5) is 0 Å². The third kappa shape index (κ3) is 3.71. The number of hydrogen-bond donors (Lipinski definition) is 2.